The number of nitrogens with one attached hydrogen (secondary N) is 3. The highest BCUT2D eigenvalue weighted by Gasteiger charge is 2.33. The van der Waals surface area contributed by atoms with Crippen molar-refractivity contribution in [2.45, 2.75) is 78.0 Å². The first-order valence-electron chi connectivity index (χ1n) is 14.5. The van der Waals surface area contributed by atoms with Crippen molar-refractivity contribution < 1.29 is 29.3 Å². The summed E-state index contributed by atoms with van der Waals surface area (Å²) in [5, 5.41) is 24.4. The first-order valence-corrected chi connectivity index (χ1v) is 15.5. The Morgan fingerprint density at radius 2 is 1.84 bits per heavy atom. The lowest BCUT2D eigenvalue weighted by molar-refractivity contribution is -0.147. The van der Waals surface area contributed by atoms with Crippen LogP contribution in [0.25, 0.3) is 22.0 Å². The highest BCUT2D eigenvalue weighted by Crippen LogP contribution is 2.33. The molecule has 2 aromatic carbocycles. The Morgan fingerprint density at radius 1 is 1.12 bits per heavy atom. The second kappa shape index (κ2) is 13.2. The SMILES string of the molecule is CC(C)(CO)Cc1c(I)[nH]c2ccc(-c3cccc(C[C@H](NC(=O)OC(C)(C)C)C(=O)N4CCCC(C(=O)O)N4)c3)cc12. The lowest BCUT2D eigenvalue weighted by Gasteiger charge is -2.34. The van der Waals surface area contributed by atoms with Gasteiger partial charge in [0, 0.05) is 30.5 Å². The lowest BCUT2D eigenvalue weighted by Crippen LogP contribution is -2.60. The number of hydrogen-bond acceptors (Lipinski definition) is 6. The van der Waals surface area contributed by atoms with Gasteiger partial charge in [0.15, 0.2) is 0 Å². The molecule has 2 heterocycles. The minimum Gasteiger partial charge on any atom is -0.480 e. The minimum absolute atomic E-state index is 0.0820. The van der Waals surface area contributed by atoms with Crippen LogP contribution in [0.15, 0.2) is 42.5 Å². The zero-order valence-corrected chi connectivity index (χ0v) is 27.4. The molecule has 5 N–H and O–H groups in total. The fraction of sp³-hybridized carbons (Fsp3) is 0.469. The van der Waals surface area contributed by atoms with Crippen molar-refractivity contribution in [3.63, 3.8) is 0 Å². The number of benzene rings is 2. The van der Waals surface area contributed by atoms with Crippen LogP contribution in [0.2, 0.25) is 0 Å². The number of carboxylic acids is 1. The van der Waals surface area contributed by atoms with Crippen molar-refractivity contribution in [2.24, 2.45) is 5.41 Å². The Labute approximate surface area is 265 Å². The molecule has 1 aromatic heterocycles. The molecule has 4 rings (SSSR count). The van der Waals surface area contributed by atoms with E-state index in [4.69, 9.17) is 4.74 Å². The molecule has 0 bridgehead atoms. The molecule has 232 valence electrons. The number of ether oxygens (including phenoxy) is 1. The number of carbonyl (C=O) groups is 3. The average Bonchev–Trinajstić information content (AvgIpc) is 3.24. The zero-order valence-electron chi connectivity index (χ0n) is 25.3. The van der Waals surface area contributed by atoms with E-state index in [2.05, 4.69) is 44.4 Å². The molecule has 0 spiro atoms. The van der Waals surface area contributed by atoms with E-state index in [1.807, 2.05) is 50.2 Å². The van der Waals surface area contributed by atoms with Crippen LogP contribution in [0.3, 0.4) is 0 Å². The van der Waals surface area contributed by atoms with Crippen LogP contribution < -0.4 is 10.7 Å². The van der Waals surface area contributed by atoms with E-state index in [-0.39, 0.29) is 18.4 Å². The number of aromatic nitrogens is 1. The van der Waals surface area contributed by atoms with Crippen molar-refractivity contribution in [3.8, 4) is 11.1 Å². The van der Waals surface area contributed by atoms with Crippen molar-refractivity contribution in [2.75, 3.05) is 13.2 Å². The number of amides is 2. The second-order valence-electron chi connectivity index (χ2n) is 12.9. The number of hydrazine groups is 1. The number of hydrogen-bond donors (Lipinski definition) is 5. The number of aliphatic carboxylic acids is 1. The van der Waals surface area contributed by atoms with Crippen LogP contribution in [0, 0.1) is 9.12 Å². The van der Waals surface area contributed by atoms with Crippen LogP contribution in [-0.4, -0.2) is 69.0 Å². The number of H-pyrrole nitrogens is 1. The Kier molecular flexibility index (Phi) is 10.1. The van der Waals surface area contributed by atoms with Crippen LogP contribution in [-0.2, 0) is 27.2 Å². The van der Waals surface area contributed by atoms with Gasteiger partial charge < -0.3 is 25.3 Å². The highest BCUT2D eigenvalue weighted by molar-refractivity contribution is 14.1. The van der Waals surface area contributed by atoms with Crippen LogP contribution in [0.1, 0.15) is 58.6 Å². The van der Waals surface area contributed by atoms with Gasteiger partial charge in [0.05, 0.1) is 3.70 Å². The fourth-order valence-electron chi connectivity index (χ4n) is 5.18. The fourth-order valence-corrected chi connectivity index (χ4v) is 5.95. The highest BCUT2D eigenvalue weighted by atomic mass is 127. The number of carbonyl (C=O) groups excluding carboxylic acids is 2. The summed E-state index contributed by atoms with van der Waals surface area (Å²) in [7, 11) is 0. The Hall–Kier alpha value is -3.16. The number of rotatable bonds is 9. The maximum absolute atomic E-state index is 13.6. The predicted octanol–water partition coefficient (Wildman–Crippen LogP) is 5.02. The van der Waals surface area contributed by atoms with E-state index in [1.54, 1.807) is 20.8 Å². The molecule has 0 radical (unpaired) electrons. The second-order valence-corrected chi connectivity index (χ2v) is 14.0. The molecule has 2 atom stereocenters. The largest absolute Gasteiger partial charge is 0.480 e. The standard InChI is InChI=1S/C32H41IN4O6/c1-31(2,3)43-30(42)35-26(28(39)37-13-7-10-25(36-37)29(40)41)15-19-8-6-9-20(14-19)21-11-12-24-22(16-21)23(27(33)34-24)17-32(4,5)18-38/h6,8-9,11-12,14,16,25-26,34,36,38H,7,10,13,15,17-18H2,1-5H3,(H,35,42)(H,40,41)/t25?,26-/m0/s1. The van der Waals surface area contributed by atoms with Crippen molar-refractivity contribution >= 4 is 51.5 Å². The summed E-state index contributed by atoms with van der Waals surface area (Å²) in [6, 6.07) is 12.2. The minimum atomic E-state index is -1.03. The number of alkyl carbamates (subject to hydrolysis) is 1. The molecular weight excluding hydrogens is 663 g/mol. The van der Waals surface area contributed by atoms with Gasteiger partial charge in [-0.05, 0) is 102 Å². The van der Waals surface area contributed by atoms with E-state index in [9.17, 15) is 24.6 Å². The van der Waals surface area contributed by atoms with E-state index < -0.39 is 35.7 Å². The van der Waals surface area contributed by atoms with Gasteiger partial charge in [-0.3, -0.25) is 14.6 Å². The van der Waals surface area contributed by atoms with Gasteiger partial charge in [0.1, 0.15) is 17.7 Å². The van der Waals surface area contributed by atoms with E-state index in [1.165, 1.54) is 5.01 Å². The topological polar surface area (TPSA) is 144 Å². The average molecular weight is 705 g/mol. The monoisotopic (exact) mass is 704 g/mol. The summed E-state index contributed by atoms with van der Waals surface area (Å²) < 4.78 is 6.49. The Balaban J connectivity index is 1.62. The molecule has 43 heavy (non-hydrogen) atoms. The number of aromatic amines is 1. The van der Waals surface area contributed by atoms with Gasteiger partial charge in [0.25, 0.3) is 5.91 Å². The summed E-state index contributed by atoms with van der Waals surface area (Å²) in [5.74, 6) is -1.46. The molecule has 1 unspecified atom stereocenters. The van der Waals surface area contributed by atoms with E-state index >= 15 is 0 Å². The summed E-state index contributed by atoms with van der Waals surface area (Å²) in [6.45, 7) is 9.73. The van der Waals surface area contributed by atoms with Gasteiger partial charge in [-0.25, -0.2) is 10.2 Å². The number of carboxylic acid groups (broad SMARTS) is 1. The number of nitrogens with zero attached hydrogens (tertiary/aromatic N) is 1. The summed E-state index contributed by atoms with van der Waals surface area (Å²) in [6.07, 6.45) is 1.12. The number of aliphatic hydroxyl groups excluding tert-OH is 1. The van der Waals surface area contributed by atoms with E-state index in [0.717, 1.165) is 43.3 Å². The molecule has 1 aliphatic heterocycles. The molecule has 0 aliphatic carbocycles. The summed E-state index contributed by atoms with van der Waals surface area (Å²) in [4.78, 5) is 41.4. The Bertz CT molecular complexity index is 1490. The number of aliphatic hydroxyl groups is 1. The molecule has 1 saturated heterocycles. The predicted molar refractivity (Wildman–Crippen MR) is 173 cm³/mol. The summed E-state index contributed by atoms with van der Waals surface area (Å²) >= 11 is 2.31. The quantitative estimate of drug-likeness (QED) is 0.197. The molecule has 1 fully saturated rings. The van der Waals surface area contributed by atoms with Crippen molar-refractivity contribution in [1.29, 1.82) is 0 Å². The molecule has 3 aromatic rings. The van der Waals surface area contributed by atoms with Gasteiger partial charge in [0.2, 0.25) is 0 Å². The number of fused-ring (bicyclic) bond motifs is 1. The Morgan fingerprint density at radius 3 is 2.51 bits per heavy atom. The number of halogens is 1. The maximum Gasteiger partial charge on any atom is 0.408 e. The van der Waals surface area contributed by atoms with Gasteiger partial charge >= 0.3 is 12.1 Å². The zero-order chi connectivity index (χ0) is 31.5. The van der Waals surface area contributed by atoms with Crippen LogP contribution in [0.4, 0.5) is 4.79 Å². The molecule has 1 aliphatic rings. The molecule has 11 heteroatoms. The van der Waals surface area contributed by atoms with Gasteiger partial charge in [-0.15, -0.1) is 0 Å². The molecule has 0 saturated carbocycles. The first-order chi connectivity index (χ1) is 20.2. The third-order valence-corrected chi connectivity index (χ3v) is 8.30. The first kappa shape index (κ1) is 32.7. The third-order valence-electron chi connectivity index (χ3n) is 7.38. The molecular formula is C32H41IN4O6. The normalized spacial score (nSPS) is 16.6. The third kappa shape index (κ3) is 8.48. The lowest BCUT2D eigenvalue weighted by atomic mass is 9.86. The van der Waals surface area contributed by atoms with Gasteiger partial charge in [-0.2, -0.15) is 0 Å². The smallest absolute Gasteiger partial charge is 0.408 e. The van der Waals surface area contributed by atoms with E-state index in [0.29, 0.717) is 19.4 Å². The van der Waals surface area contributed by atoms with Gasteiger partial charge in [-0.1, -0.05) is 44.2 Å². The molecule has 10 nitrogen and oxygen atoms in total. The van der Waals surface area contributed by atoms with Crippen molar-refractivity contribution in [1.82, 2.24) is 20.7 Å². The van der Waals surface area contributed by atoms with Crippen LogP contribution in [0.5, 0.6) is 0 Å². The maximum atomic E-state index is 13.6. The summed E-state index contributed by atoms with van der Waals surface area (Å²) in [5.41, 5.74) is 6.73. The van der Waals surface area contributed by atoms with Crippen LogP contribution >= 0.6 is 22.6 Å². The molecule has 2 amide bonds. The van der Waals surface area contributed by atoms with Crippen molar-refractivity contribution in [3.05, 3.63) is 57.3 Å².